The van der Waals surface area contributed by atoms with Crippen LogP contribution in [0.1, 0.15) is 38.5 Å². The molecule has 3 fully saturated rings. The molecule has 5 nitrogen and oxygen atoms in total. The number of anilines is 1. The molecule has 0 N–H and O–H groups in total. The van der Waals surface area contributed by atoms with Crippen LogP contribution in [0.5, 0.6) is 0 Å². The highest BCUT2D eigenvalue weighted by Gasteiger charge is 2.42. The van der Waals surface area contributed by atoms with Crippen molar-refractivity contribution >= 4 is 22.4 Å². The molecule has 6 heteroatoms. The minimum atomic E-state index is -0.0215. The van der Waals surface area contributed by atoms with Crippen molar-refractivity contribution in [1.29, 1.82) is 0 Å². The summed E-state index contributed by atoms with van der Waals surface area (Å²) in [6.45, 7) is 2.39. The van der Waals surface area contributed by atoms with Gasteiger partial charge in [-0.15, -0.1) is 11.3 Å². The number of amides is 1. The van der Waals surface area contributed by atoms with E-state index in [-0.39, 0.29) is 12.1 Å². The molecule has 1 aliphatic carbocycles. The van der Waals surface area contributed by atoms with Gasteiger partial charge in [-0.25, -0.2) is 4.98 Å². The molecule has 0 unspecified atom stereocenters. The number of aromatic nitrogens is 1. The average molecular weight is 321 g/mol. The van der Waals surface area contributed by atoms with Gasteiger partial charge in [0, 0.05) is 24.7 Å². The standard InChI is InChI=1S/C16H23N3O2S/c20-15(13-5-3-8-19(13)16-17-7-11-22-16)18-9-10-21-14-6-2-1-4-12(14)18/h7,11-14H,1-6,8-10H2/t12-,13-,14+/m0/s1. The molecule has 1 saturated carbocycles. The van der Waals surface area contributed by atoms with Gasteiger partial charge in [-0.1, -0.05) is 12.8 Å². The zero-order valence-electron chi connectivity index (χ0n) is 12.8. The third kappa shape index (κ3) is 2.52. The maximum Gasteiger partial charge on any atom is 0.245 e. The molecule has 0 spiro atoms. The van der Waals surface area contributed by atoms with E-state index in [0.29, 0.717) is 18.6 Å². The summed E-state index contributed by atoms with van der Waals surface area (Å²) < 4.78 is 5.91. The molecule has 0 bridgehead atoms. The van der Waals surface area contributed by atoms with Gasteiger partial charge < -0.3 is 14.5 Å². The van der Waals surface area contributed by atoms with Crippen LogP contribution in [0.2, 0.25) is 0 Å². The Balaban J connectivity index is 1.52. The van der Waals surface area contributed by atoms with E-state index in [2.05, 4.69) is 14.8 Å². The lowest BCUT2D eigenvalue weighted by molar-refractivity contribution is -0.150. The molecular formula is C16H23N3O2S. The highest BCUT2D eigenvalue weighted by atomic mass is 32.1. The summed E-state index contributed by atoms with van der Waals surface area (Å²) in [7, 11) is 0. The number of hydrogen-bond acceptors (Lipinski definition) is 5. The van der Waals surface area contributed by atoms with Crippen LogP contribution in [0.4, 0.5) is 5.13 Å². The molecule has 0 radical (unpaired) electrons. The lowest BCUT2D eigenvalue weighted by Crippen LogP contribution is -2.58. The van der Waals surface area contributed by atoms with Crippen LogP contribution in [-0.2, 0) is 9.53 Å². The first-order valence-corrected chi connectivity index (χ1v) is 9.31. The molecular weight excluding hydrogens is 298 g/mol. The van der Waals surface area contributed by atoms with Gasteiger partial charge in [0.25, 0.3) is 0 Å². The Morgan fingerprint density at radius 1 is 1.23 bits per heavy atom. The summed E-state index contributed by atoms with van der Waals surface area (Å²) in [5.74, 6) is 0.299. The first-order chi connectivity index (χ1) is 10.8. The molecule has 2 aliphatic heterocycles. The fourth-order valence-corrected chi connectivity index (χ4v) is 4.89. The zero-order valence-corrected chi connectivity index (χ0v) is 13.6. The molecule has 4 rings (SSSR count). The summed E-state index contributed by atoms with van der Waals surface area (Å²) in [6, 6.07) is 0.278. The second kappa shape index (κ2) is 6.16. The van der Waals surface area contributed by atoms with Crippen LogP contribution in [0.25, 0.3) is 0 Å². The van der Waals surface area contributed by atoms with E-state index in [9.17, 15) is 4.79 Å². The Kier molecular flexibility index (Phi) is 4.05. The smallest absolute Gasteiger partial charge is 0.245 e. The largest absolute Gasteiger partial charge is 0.374 e. The van der Waals surface area contributed by atoms with Gasteiger partial charge in [-0.05, 0) is 25.7 Å². The third-order valence-electron chi connectivity index (χ3n) is 5.22. The lowest BCUT2D eigenvalue weighted by Gasteiger charge is -2.45. The van der Waals surface area contributed by atoms with Crippen molar-refractivity contribution in [3.05, 3.63) is 11.6 Å². The van der Waals surface area contributed by atoms with Crippen molar-refractivity contribution in [2.45, 2.75) is 56.7 Å². The molecule has 0 aromatic carbocycles. The van der Waals surface area contributed by atoms with Crippen LogP contribution >= 0.6 is 11.3 Å². The van der Waals surface area contributed by atoms with Crippen molar-refractivity contribution in [1.82, 2.24) is 9.88 Å². The van der Waals surface area contributed by atoms with E-state index in [1.165, 1.54) is 12.8 Å². The quantitative estimate of drug-likeness (QED) is 0.838. The summed E-state index contributed by atoms with van der Waals surface area (Å²) in [6.07, 6.45) is 8.77. The highest BCUT2D eigenvalue weighted by molar-refractivity contribution is 7.13. The molecule has 22 heavy (non-hydrogen) atoms. The van der Waals surface area contributed by atoms with Crippen LogP contribution in [0, 0.1) is 0 Å². The molecule has 3 aliphatic rings. The Bertz CT molecular complexity index is 519. The number of hydrogen-bond donors (Lipinski definition) is 0. The van der Waals surface area contributed by atoms with Gasteiger partial charge in [-0.2, -0.15) is 0 Å². The Hall–Kier alpha value is -1.14. The highest BCUT2D eigenvalue weighted by Crippen LogP contribution is 2.32. The molecule has 1 aromatic rings. The van der Waals surface area contributed by atoms with Gasteiger partial charge in [-0.3, -0.25) is 4.79 Å². The minimum Gasteiger partial charge on any atom is -0.374 e. The van der Waals surface area contributed by atoms with Crippen LogP contribution in [0.3, 0.4) is 0 Å². The van der Waals surface area contributed by atoms with Gasteiger partial charge in [0.15, 0.2) is 5.13 Å². The number of ether oxygens (including phenoxy) is 1. The van der Waals surface area contributed by atoms with Crippen molar-refractivity contribution < 1.29 is 9.53 Å². The van der Waals surface area contributed by atoms with E-state index < -0.39 is 0 Å². The Labute approximate surface area is 135 Å². The fraction of sp³-hybridized carbons (Fsp3) is 0.750. The fourth-order valence-electron chi connectivity index (χ4n) is 4.17. The topological polar surface area (TPSA) is 45.7 Å². The first kappa shape index (κ1) is 14.5. The number of carbonyl (C=O) groups excluding carboxylic acids is 1. The van der Waals surface area contributed by atoms with Crippen molar-refractivity contribution in [2.24, 2.45) is 0 Å². The molecule has 3 atom stereocenters. The summed E-state index contributed by atoms with van der Waals surface area (Å²) in [5.41, 5.74) is 0. The Morgan fingerprint density at radius 3 is 3.00 bits per heavy atom. The van der Waals surface area contributed by atoms with E-state index in [4.69, 9.17) is 4.74 Å². The molecule has 120 valence electrons. The summed E-state index contributed by atoms with van der Waals surface area (Å²) >= 11 is 1.63. The summed E-state index contributed by atoms with van der Waals surface area (Å²) in [4.78, 5) is 21.9. The van der Waals surface area contributed by atoms with Crippen molar-refractivity contribution in [3.63, 3.8) is 0 Å². The molecule has 3 heterocycles. The summed E-state index contributed by atoms with van der Waals surface area (Å²) in [5, 5.41) is 2.98. The molecule has 1 amide bonds. The SMILES string of the molecule is O=C([C@@H]1CCCN1c1nccs1)N1CCO[C@@H]2CCCC[C@@H]21. The van der Waals surface area contributed by atoms with Crippen LogP contribution in [-0.4, -0.2) is 53.7 Å². The average Bonchev–Trinajstić information content (AvgIpc) is 3.24. The van der Waals surface area contributed by atoms with E-state index in [1.54, 1.807) is 11.3 Å². The zero-order chi connectivity index (χ0) is 14.9. The lowest BCUT2D eigenvalue weighted by atomic mass is 9.89. The van der Waals surface area contributed by atoms with Gasteiger partial charge in [0.1, 0.15) is 6.04 Å². The minimum absolute atomic E-state index is 0.0215. The predicted octanol–water partition coefficient (Wildman–Crippen LogP) is 2.28. The number of thiazole rings is 1. The maximum atomic E-state index is 13.2. The third-order valence-corrected chi connectivity index (χ3v) is 6.03. The molecule has 1 aromatic heterocycles. The van der Waals surface area contributed by atoms with E-state index in [1.807, 2.05) is 11.6 Å². The second-order valence-corrected chi connectivity index (χ2v) is 7.33. The predicted molar refractivity (Wildman–Crippen MR) is 86.2 cm³/mol. The normalized spacial score (nSPS) is 32.1. The number of morpholine rings is 1. The van der Waals surface area contributed by atoms with Gasteiger partial charge >= 0.3 is 0 Å². The monoisotopic (exact) mass is 321 g/mol. The van der Waals surface area contributed by atoms with Crippen LogP contribution < -0.4 is 4.90 Å². The number of carbonyl (C=O) groups is 1. The van der Waals surface area contributed by atoms with Gasteiger partial charge in [0.05, 0.1) is 18.8 Å². The van der Waals surface area contributed by atoms with Crippen LogP contribution in [0.15, 0.2) is 11.6 Å². The number of fused-ring (bicyclic) bond motifs is 1. The van der Waals surface area contributed by atoms with E-state index >= 15 is 0 Å². The number of rotatable bonds is 2. The van der Waals surface area contributed by atoms with Crippen molar-refractivity contribution in [3.8, 4) is 0 Å². The second-order valence-electron chi connectivity index (χ2n) is 6.46. The maximum absolute atomic E-state index is 13.2. The Morgan fingerprint density at radius 2 is 2.14 bits per heavy atom. The van der Waals surface area contributed by atoms with Crippen molar-refractivity contribution in [2.75, 3.05) is 24.6 Å². The molecule has 2 saturated heterocycles. The van der Waals surface area contributed by atoms with E-state index in [0.717, 1.165) is 43.9 Å². The first-order valence-electron chi connectivity index (χ1n) is 8.43. The number of nitrogens with zero attached hydrogens (tertiary/aromatic N) is 3. The van der Waals surface area contributed by atoms with Gasteiger partial charge in [0.2, 0.25) is 5.91 Å².